The van der Waals surface area contributed by atoms with Gasteiger partial charge in [0, 0.05) is 34.1 Å². The lowest BCUT2D eigenvalue weighted by atomic mass is 9.75. The van der Waals surface area contributed by atoms with Gasteiger partial charge in [-0.15, -0.1) is 11.8 Å². The maximum atomic E-state index is 13.1. The van der Waals surface area contributed by atoms with Crippen molar-refractivity contribution >= 4 is 34.7 Å². The zero-order valence-corrected chi connectivity index (χ0v) is 19.5. The number of para-hydroxylation sites is 1. The lowest BCUT2D eigenvalue weighted by Crippen LogP contribution is -2.35. The van der Waals surface area contributed by atoms with Crippen molar-refractivity contribution in [3.05, 3.63) is 74.5 Å². The Morgan fingerprint density at radius 2 is 2.03 bits per heavy atom. The van der Waals surface area contributed by atoms with Crippen LogP contribution in [0.1, 0.15) is 41.2 Å². The minimum atomic E-state index is -0.157. The number of carbonyl (C=O) groups excluding carboxylic acids is 1. The highest BCUT2D eigenvalue weighted by Gasteiger charge is 2.55. The van der Waals surface area contributed by atoms with Gasteiger partial charge in [-0.2, -0.15) is 0 Å². The van der Waals surface area contributed by atoms with Crippen LogP contribution < -0.4 is 10.2 Å². The van der Waals surface area contributed by atoms with Gasteiger partial charge in [-0.1, -0.05) is 35.6 Å². The molecule has 3 heterocycles. The van der Waals surface area contributed by atoms with Gasteiger partial charge in [0.05, 0.1) is 5.03 Å². The fraction of sp³-hybridized carbons (Fsp3) is 0.400. The molecule has 2 saturated carbocycles. The van der Waals surface area contributed by atoms with Crippen LogP contribution in [0.3, 0.4) is 0 Å². The molecular weight excluding hydrogens is 438 g/mol. The van der Waals surface area contributed by atoms with Gasteiger partial charge in [-0.3, -0.25) is 19.1 Å². The van der Waals surface area contributed by atoms with Gasteiger partial charge in [-0.25, -0.2) is 0 Å². The molecule has 0 saturated heterocycles. The zero-order valence-electron chi connectivity index (χ0n) is 17.9. The van der Waals surface area contributed by atoms with Gasteiger partial charge in [-0.05, 0) is 67.2 Å². The number of pyridine rings is 1. The van der Waals surface area contributed by atoms with Crippen LogP contribution >= 0.6 is 23.1 Å². The second-order valence-electron chi connectivity index (χ2n) is 9.24. The summed E-state index contributed by atoms with van der Waals surface area (Å²) in [7, 11) is 0. The third kappa shape index (κ3) is 3.25. The molecule has 32 heavy (non-hydrogen) atoms. The summed E-state index contributed by atoms with van der Waals surface area (Å²) in [6.07, 6.45) is 7.66. The van der Waals surface area contributed by atoms with E-state index < -0.39 is 0 Å². The number of rotatable bonds is 4. The standard InChI is InChI=1S/C25H25N3O2S2/c1-14-5-2-3-7-18(14)27-19(29)13-28-24-23(32-25(28)30)21(17-6-4-10-26-12-17)20-15-8-9-16(11-15)22(20)31-24/h2-7,10,12,15-16,20-22H,8-9,11,13H2,1H3,(H,27,29). The summed E-state index contributed by atoms with van der Waals surface area (Å²) in [5.41, 5.74) is 3.01. The van der Waals surface area contributed by atoms with Crippen molar-refractivity contribution in [3.8, 4) is 0 Å². The van der Waals surface area contributed by atoms with Crippen LogP contribution in [-0.4, -0.2) is 20.7 Å². The molecule has 3 aliphatic rings. The first-order valence-corrected chi connectivity index (χ1v) is 13.0. The summed E-state index contributed by atoms with van der Waals surface area (Å²) in [6.45, 7) is 2.02. The molecule has 5 nitrogen and oxygen atoms in total. The Morgan fingerprint density at radius 3 is 2.84 bits per heavy atom. The fourth-order valence-corrected chi connectivity index (χ4v) is 9.22. The first kappa shape index (κ1) is 20.2. The summed E-state index contributed by atoms with van der Waals surface area (Å²) in [5.74, 6) is 2.05. The number of carbonyl (C=O) groups is 1. The molecule has 5 atom stereocenters. The van der Waals surface area contributed by atoms with Crippen molar-refractivity contribution in [1.82, 2.24) is 9.55 Å². The molecule has 6 rings (SSSR count). The van der Waals surface area contributed by atoms with E-state index >= 15 is 0 Å². The Morgan fingerprint density at radius 1 is 1.19 bits per heavy atom. The quantitative estimate of drug-likeness (QED) is 0.598. The first-order chi connectivity index (χ1) is 15.6. The Kier molecular flexibility index (Phi) is 4.99. The number of hydrogen-bond acceptors (Lipinski definition) is 5. The van der Waals surface area contributed by atoms with Gasteiger partial charge in [0.15, 0.2) is 0 Å². The highest BCUT2D eigenvalue weighted by atomic mass is 32.2. The molecule has 2 bridgehead atoms. The number of amides is 1. The van der Waals surface area contributed by atoms with Crippen molar-refractivity contribution in [2.45, 2.75) is 48.9 Å². The molecule has 164 valence electrons. The van der Waals surface area contributed by atoms with E-state index in [0.717, 1.165) is 27.1 Å². The number of aromatic nitrogens is 2. The second kappa shape index (κ2) is 7.89. The number of thiazole rings is 1. The summed E-state index contributed by atoms with van der Waals surface area (Å²) in [5, 5.41) is 4.51. The van der Waals surface area contributed by atoms with E-state index in [-0.39, 0.29) is 23.2 Å². The Balaban J connectivity index is 1.37. The number of fused-ring (bicyclic) bond motifs is 6. The van der Waals surface area contributed by atoms with Crippen LogP contribution in [0.2, 0.25) is 0 Å². The molecule has 7 heteroatoms. The number of anilines is 1. The molecule has 1 N–H and O–H groups in total. The highest BCUT2D eigenvalue weighted by Crippen LogP contribution is 2.63. The minimum Gasteiger partial charge on any atom is -0.324 e. The van der Waals surface area contributed by atoms with E-state index in [4.69, 9.17) is 0 Å². The smallest absolute Gasteiger partial charge is 0.308 e. The van der Waals surface area contributed by atoms with Crippen LogP contribution in [0.25, 0.3) is 0 Å². The number of hydrogen-bond donors (Lipinski definition) is 1. The Labute approximate surface area is 195 Å². The number of nitrogens with one attached hydrogen (secondary N) is 1. The largest absolute Gasteiger partial charge is 0.324 e. The van der Waals surface area contributed by atoms with Gasteiger partial charge in [0.25, 0.3) is 0 Å². The van der Waals surface area contributed by atoms with Crippen LogP contribution in [0.15, 0.2) is 58.6 Å². The van der Waals surface area contributed by atoms with Crippen molar-refractivity contribution in [2.24, 2.45) is 17.8 Å². The topological polar surface area (TPSA) is 64.0 Å². The lowest BCUT2D eigenvalue weighted by Gasteiger charge is -2.40. The van der Waals surface area contributed by atoms with E-state index in [1.807, 2.05) is 61.4 Å². The average molecular weight is 464 g/mol. The van der Waals surface area contributed by atoms with Crippen molar-refractivity contribution in [1.29, 1.82) is 0 Å². The third-order valence-corrected chi connectivity index (χ3v) is 10.3. The fourth-order valence-electron chi connectivity index (χ4n) is 6.07. The Hall–Kier alpha value is -2.38. The number of thioether (sulfide) groups is 1. The third-order valence-electron chi connectivity index (χ3n) is 7.46. The van der Waals surface area contributed by atoms with Crippen LogP contribution in [0.5, 0.6) is 0 Å². The van der Waals surface area contributed by atoms with Crippen LogP contribution in [0.4, 0.5) is 5.69 Å². The molecule has 1 amide bonds. The molecule has 0 radical (unpaired) electrons. The zero-order chi connectivity index (χ0) is 21.8. The van der Waals surface area contributed by atoms with Gasteiger partial charge in [0.1, 0.15) is 6.54 Å². The molecule has 0 spiro atoms. The predicted molar refractivity (Wildman–Crippen MR) is 128 cm³/mol. The van der Waals surface area contributed by atoms with E-state index in [1.165, 1.54) is 36.2 Å². The number of aryl methyl sites for hydroxylation is 1. The van der Waals surface area contributed by atoms with Gasteiger partial charge >= 0.3 is 4.87 Å². The number of nitrogens with zero attached hydrogens (tertiary/aromatic N) is 2. The van der Waals surface area contributed by atoms with E-state index in [1.54, 1.807) is 4.57 Å². The highest BCUT2D eigenvalue weighted by molar-refractivity contribution is 8.00. The maximum absolute atomic E-state index is 13.1. The maximum Gasteiger partial charge on any atom is 0.308 e. The molecule has 5 unspecified atom stereocenters. The first-order valence-electron chi connectivity index (χ1n) is 11.3. The summed E-state index contributed by atoms with van der Waals surface area (Å²) in [6, 6.07) is 11.9. The molecule has 3 aromatic rings. The van der Waals surface area contributed by atoms with Crippen molar-refractivity contribution in [2.75, 3.05) is 5.32 Å². The van der Waals surface area contributed by atoms with E-state index in [9.17, 15) is 9.59 Å². The van der Waals surface area contributed by atoms with E-state index in [0.29, 0.717) is 17.1 Å². The molecule has 1 aromatic carbocycles. The molecule has 2 aliphatic carbocycles. The van der Waals surface area contributed by atoms with Gasteiger partial charge < -0.3 is 5.32 Å². The SMILES string of the molecule is Cc1ccccc1NC(=O)Cn1c2c(sc1=O)C(c1cccnc1)C1C3CCC(C3)C1S2. The van der Waals surface area contributed by atoms with Crippen LogP contribution in [-0.2, 0) is 11.3 Å². The summed E-state index contributed by atoms with van der Waals surface area (Å²) >= 11 is 3.19. The predicted octanol–water partition coefficient (Wildman–Crippen LogP) is 4.90. The Bertz CT molecular complexity index is 1240. The van der Waals surface area contributed by atoms with Crippen molar-refractivity contribution < 1.29 is 4.79 Å². The molecule has 1 aliphatic heterocycles. The molecular formula is C25H25N3O2S2. The normalized spacial score (nSPS) is 27.7. The number of benzene rings is 1. The summed E-state index contributed by atoms with van der Waals surface area (Å²) in [4.78, 5) is 31.5. The monoisotopic (exact) mass is 463 g/mol. The molecule has 2 fully saturated rings. The molecule has 2 aromatic heterocycles. The average Bonchev–Trinajstić information content (AvgIpc) is 3.49. The lowest BCUT2D eigenvalue weighted by molar-refractivity contribution is -0.116. The van der Waals surface area contributed by atoms with Gasteiger partial charge in [0.2, 0.25) is 5.91 Å². The second-order valence-corrected chi connectivity index (χ2v) is 11.4. The summed E-state index contributed by atoms with van der Waals surface area (Å²) < 4.78 is 1.71. The van der Waals surface area contributed by atoms with E-state index in [2.05, 4.69) is 16.4 Å². The van der Waals surface area contributed by atoms with Crippen molar-refractivity contribution in [3.63, 3.8) is 0 Å². The van der Waals surface area contributed by atoms with Crippen LogP contribution in [0, 0.1) is 24.7 Å². The minimum absolute atomic E-state index is 0.0383.